The van der Waals surface area contributed by atoms with Crippen LogP contribution in [0.25, 0.3) is 0 Å². The summed E-state index contributed by atoms with van der Waals surface area (Å²) in [6, 6.07) is -0.0963. The van der Waals surface area contributed by atoms with Gasteiger partial charge in [0.2, 0.25) is 0 Å². The molecule has 0 spiro atoms. The van der Waals surface area contributed by atoms with Crippen molar-refractivity contribution in [3.8, 4) is 0 Å². The summed E-state index contributed by atoms with van der Waals surface area (Å²) < 4.78 is 4.85. The van der Waals surface area contributed by atoms with Crippen LogP contribution in [0, 0.1) is 0 Å². The van der Waals surface area contributed by atoms with Crippen molar-refractivity contribution < 1.29 is 14.6 Å². The summed E-state index contributed by atoms with van der Waals surface area (Å²) in [6.07, 6.45) is 0. The Bertz CT molecular complexity index is 136. The van der Waals surface area contributed by atoms with E-state index < -0.39 is 0 Å². The number of aliphatic hydroxyl groups excluding tert-OH is 1. The van der Waals surface area contributed by atoms with Gasteiger partial charge in [-0.1, -0.05) is 0 Å². The fourth-order valence-corrected chi connectivity index (χ4v) is 0.725. The number of hydrogen-bond donors (Lipinski definition) is 3. The quantitative estimate of drug-likeness (QED) is 0.479. The first-order chi connectivity index (χ1) is 5.33. The lowest BCUT2D eigenvalue weighted by Crippen LogP contribution is -2.52. The number of urea groups is 1. The number of aliphatic hydroxyl groups is 1. The summed E-state index contributed by atoms with van der Waals surface area (Å²) >= 11 is 0. The Morgan fingerprint density at radius 1 is 1.64 bits per heavy atom. The van der Waals surface area contributed by atoms with E-state index in [1.165, 1.54) is 0 Å². The fourth-order valence-electron chi connectivity index (χ4n) is 0.725. The molecule has 1 heterocycles. The molecule has 0 saturated carbocycles. The third kappa shape index (κ3) is 2.73. The second-order valence-electron chi connectivity index (χ2n) is 2.36. The van der Waals surface area contributed by atoms with Crippen LogP contribution in [0.5, 0.6) is 0 Å². The number of carbonyl (C=O) groups is 1. The van der Waals surface area contributed by atoms with Gasteiger partial charge in [0.15, 0.2) is 0 Å². The predicted octanol–water partition coefficient (Wildman–Crippen LogP) is -1.32. The Hall–Kier alpha value is -0.810. The highest BCUT2D eigenvalue weighted by molar-refractivity contribution is 5.74. The molecule has 1 saturated heterocycles. The Morgan fingerprint density at radius 2 is 2.36 bits per heavy atom. The van der Waals surface area contributed by atoms with E-state index in [0.29, 0.717) is 19.8 Å². The van der Waals surface area contributed by atoms with Gasteiger partial charge >= 0.3 is 6.03 Å². The lowest BCUT2D eigenvalue weighted by molar-refractivity contribution is -0.0000299. The fraction of sp³-hybridized carbons (Fsp3) is 0.833. The van der Waals surface area contributed by atoms with Gasteiger partial charge < -0.3 is 20.5 Å². The molecule has 0 aromatic heterocycles. The van der Waals surface area contributed by atoms with E-state index in [0.717, 1.165) is 0 Å². The van der Waals surface area contributed by atoms with E-state index in [1.54, 1.807) is 0 Å². The zero-order chi connectivity index (χ0) is 8.10. The largest absolute Gasteiger partial charge is 0.395 e. The zero-order valence-corrected chi connectivity index (χ0v) is 6.17. The van der Waals surface area contributed by atoms with E-state index in [1.807, 2.05) is 0 Å². The molecule has 1 rings (SSSR count). The molecule has 0 aliphatic carbocycles. The summed E-state index contributed by atoms with van der Waals surface area (Å²) in [7, 11) is 0. The van der Waals surface area contributed by atoms with Gasteiger partial charge in [0.25, 0.3) is 0 Å². The van der Waals surface area contributed by atoms with E-state index in [-0.39, 0.29) is 18.7 Å². The van der Waals surface area contributed by atoms with Gasteiger partial charge in [-0.2, -0.15) is 0 Å². The van der Waals surface area contributed by atoms with Crippen LogP contribution in [-0.4, -0.2) is 43.5 Å². The molecule has 1 aliphatic heterocycles. The average Bonchev–Trinajstić information content (AvgIpc) is 1.93. The molecule has 64 valence electrons. The summed E-state index contributed by atoms with van der Waals surface area (Å²) in [5.74, 6) is 0. The molecule has 5 nitrogen and oxygen atoms in total. The Balaban J connectivity index is 2.00. The standard InChI is InChI=1S/C6H12N2O3/c9-2-1-7-6(10)8-5-3-11-4-5/h5,9H,1-4H2,(H2,7,8,10). The van der Waals surface area contributed by atoms with Gasteiger partial charge in [-0.25, -0.2) is 4.79 Å². The number of carbonyl (C=O) groups excluding carboxylic acids is 1. The monoisotopic (exact) mass is 160 g/mol. The highest BCUT2D eigenvalue weighted by Crippen LogP contribution is 1.98. The molecule has 2 amide bonds. The van der Waals surface area contributed by atoms with Gasteiger partial charge in [0, 0.05) is 6.54 Å². The summed E-state index contributed by atoms with van der Waals surface area (Å²) in [5, 5.41) is 13.5. The van der Waals surface area contributed by atoms with Crippen LogP contribution in [0.1, 0.15) is 0 Å². The van der Waals surface area contributed by atoms with Gasteiger partial charge in [-0.15, -0.1) is 0 Å². The minimum atomic E-state index is -0.243. The van der Waals surface area contributed by atoms with Crippen LogP contribution < -0.4 is 10.6 Å². The molecule has 1 fully saturated rings. The van der Waals surface area contributed by atoms with Gasteiger partial charge in [-0.3, -0.25) is 0 Å². The van der Waals surface area contributed by atoms with E-state index >= 15 is 0 Å². The van der Waals surface area contributed by atoms with E-state index in [9.17, 15) is 4.79 Å². The van der Waals surface area contributed by atoms with Crippen LogP contribution in [0.3, 0.4) is 0 Å². The molecule has 0 bridgehead atoms. The van der Waals surface area contributed by atoms with Crippen molar-refractivity contribution in [2.24, 2.45) is 0 Å². The van der Waals surface area contributed by atoms with Crippen molar-refractivity contribution in [1.82, 2.24) is 10.6 Å². The minimum Gasteiger partial charge on any atom is -0.395 e. The second-order valence-corrected chi connectivity index (χ2v) is 2.36. The highest BCUT2D eigenvalue weighted by atomic mass is 16.5. The molecule has 0 aromatic rings. The summed E-state index contributed by atoms with van der Waals surface area (Å²) in [4.78, 5) is 10.8. The average molecular weight is 160 g/mol. The molecule has 0 aromatic carbocycles. The normalized spacial score (nSPS) is 17.2. The molecule has 0 atom stereocenters. The predicted molar refractivity (Wildman–Crippen MR) is 38.2 cm³/mol. The smallest absolute Gasteiger partial charge is 0.315 e. The lowest BCUT2D eigenvalue weighted by Gasteiger charge is -2.26. The van der Waals surface area contributed by atoms with Gasteiger partial charge in [-0.05, 0) is 0 Å². The van der Waals surface area contributed by atoms with Crippen LogP contribution in [0.2, 0.25) is 0 Å². The third-order valence-electron chi connectivity index (χ3n) is 1.37. The number of hydrogen-bond acceptors (Lipinski definition) is 3. The molecule has 0 unspecified atom stereocenters. The first kappa shape index (κ1) is 8.29. The second kappa shape index (κ2) is 4.15. The Kier molecular flexibility index (Phi) is 3.13. The summed E-state index contributed by atoms with van der Waals surface area (Å²) in [6.45, 7) is 1.44. The highest BCUT2D eigenvalue weighted by Gasteiger charge is 2.19. The van der Waals surface area contributed by atoms with Crippen molar-refractivity contribution >= 4 is 6.03 Å². The van der Waals surface area contributed by atoms with Crippen LogP contribution in [0.4, 0.5) is 4.79 Å². The number of rotatable bonds is 3. The molecule has 11 heavy (non-hydrogen) atoms. The van der Waals surface area contributed by atoms with Crippen molar-refractivity contribution in [2.75, 3.05) is 26.4 Å². The van der Waals surface area contributed by atoms with Crippen LogP contribution >= 0.6 is 0 Å². The topological polar surface area (TPSA) is 70.6 Å². The van der Waals surface area contributed by atoms with Crippen molar-refractivity contribution in [2.45, 2.75) is 6.04 Å². The Morgan fingerprint density at radius 3 is 2.82 bits per heavy atom. The molecular formula is C6H12N2O3. The van der Waals surface area contributed by atoms with Gasteiger partial charge in [0.05, 0.1) is 25.9 Å². The van der Waals surface area contributed by atoms with Crippen molar-refractivity contribution in [3.63, 3.8) is 0 Å². The Labute approximate surface area is 64.7 Å². The SMILES string of the molecule is O=C(NCCO)NC1COC1. The molecular weight excluding hydrogens is 148 g/mol. The first-order valence-corrected chi connectivity index (χ1v) is 3.56. The van der Waals surface area contributed by atoms with Crippen molar-refractivity contribution in [1.29, 1.82) is 0 Å². The van der Waals surface area contributed by atoms with Gasteiger partial charge in [0.1, 0.15) is 0 Å². The number of ether oxygens (including phenoxy) is 1. The number of amides is 2. The maximum atomic E-state index is 10.8. The summed E-state index contributed by atoms with van der Waals surface area (Å²) in [5.41, 5.74) is 0. The maximum Gasteiger partial charge on any atom is 0.315 e. The molecule has 5 heteroatoms. The van der Waals surface area contributed by atoms with Crippen molar-refractivity contribution in [3.05, 3.63) is 0 Å². The minimum absolute atomic E-state index is 0.0331. The third-order valence-corrected chi connectivity index (χ3v) is 1.37. The molecule has 3 N–H and O–H groups in total. The lowest BCUT2D eigenvalue weighted by atomic mass is 10.3. The first-order valence-electron chi connectivity index (χ1n) is 3.56. The van der Waals surface area contributed by atoms with Crippen LogP contribution in [-0.2, 0) is 4.74 Å². The zero-order valence-electron chi connectivity index (χ0n) is 6.17. The maximum absolute atomic E-state index is 10.8. The molecule has 1 aliphatic rings. The van der Waals surface area contributed by atoms with E-state index in [4.69, 9.17) is 9.84 Å². The number of nitrogens with one attached hydrogen (secondary N) is 2. The van der Waals surface area contributed by atoms with E-state index in [2.05, 4.69) is 10.6 Å². The molecule has 0 radical (unpaired) electrons. The van der Waals surface area contributed by atoms with Crippen LogP contribution in [0.15, 0.2) is 0 Å².